The second-order valence-electron chi connectivity index (χ2n) is 3.87. The number of hydrogen-bond donors (Lipinski definition) is 2. The first-order valence-electron chi connectivity index (χ1n) is 5.02. The molecule has 0 aromatic heterocycles. The second-order valence-corrected chi connectivity index (χ2v) is 3.87. The van der Waals surface area contributed by atoms with Gasteiger partial charge >= 0.3 is 0 Å². The second kappa shape index (κ2) is 4.96. The zero-order valence-corrected chi connectivity index (χ0v) is 10.7. The quantitative estimate of drug-likeness (QED) is 0.722. The monoisotopic (exact) mass is 268 g/mol. The summed E-state index contributed by atoms with van der Waals surface area (Å²) in [5.41, 5.74) is 17.6. The zero-order valence-electron chi connectivity index (χ0n) is 9.09. The number of hydrogen-bond acceptors (Lipinski definition) is 2. The normalized spacial score (nSPS) is 15.2. The molecule has 0 heterocycles. The molecule has 2 nitrogen and oxygen atoms in total. The van der Waals surface area contributed by atoms with Crippen LogP contribution in [0, 0.1) is 0 Å². The Morgan fingerprint density at radius 1 is 0.824 bits per heavy atom. The number of benzene rings is 2. The highest BCUT2D eigenvalue weighted by Gasteiger charge is 2.26. The lowest BCUT2D eigenvalue weighted by molar-refractivity contribution is 0.904. The van der Waals surface area contributed by atoms with Gasteiger partial charge in [0.05, 0.1) is 6.04 Å². The average molecular weight is 269 g/mol. The van der Waals surface area contributed by atoms with Crippen LogP contribution in [0.2, 0.25) is 0 Å². The summed E-state index contributed by atoms with van der Waals surface area (Å²) in [7, 11) is 0. The minimum atomic E-state index is -0.0719. The Morgan fingerprint density at radius 2 is 1.47 bits per heavy atom. The Bertz CT molecular complexity index is 541. The van der Waals surface area contributed by atoms with Crippen LogP contribution < -0.4 is 11.5 Å². The van der Waals surface area contributed by atoms with E-state index in [4.69, 9.17) is 11.5 Å². The molecule has 0 saturated carbocycles. The summed E-state index contributed by atoms with van der Waals surface area (Å²) in [6.07, 6.45) is 0. The Kier molecular flexibility index (Phi) is 4.04. The van der Waals surface area contributed by atoms with E-state index in [1.54, 1.807) is 0 Å². The molecule has 17 heavy (non-hydrogen) atoms. The van der Waals surface area contributed by atoms with E-state index in [1.807, 2.05) is 24.3 Å². The van der Waals surface area contributed by atoms with Crippen LogP contribution in [-0.4, -0.2) is 0 Å². The van der Waals surface area contributed by atoms with Crippen molar-refractivity contribution in [3.8, 4) is 11.1 Å². The molecule has 4 N–H and O–H groups in total. The third kappa shape index (κ3) is 1.89. The van der Waals surface area contributed by atoms with Crippen LogP contribution in [0.1, 0.15) is 17.2 Å². The van der Waals surface area contributed by atoms with Crippen molar-refractivity contribution >= 4 is 30.5 Å². The third-order valence-electron chi connectivity index (χ3n) is 3.04. The number of halogens is 2. The standard InChI is InChI=1S/C13H12N2.2ClH/c14-11-7-3-6-9-8-4-1-2-5-10(8)13(15)12(9)11;;/h1-7,13H,14-15H2;2*1H. The van der Waals surface area contributed by atoms with Crippen LogP contribution in [0.25, 0.3) is 11.1 Å². The lowest BCUT2D eigenvalue weighted by atomic mass is 10.0. The van der Waals surface area contributed by atoms with Crippen molar-refractivity contribution in [3.63, 3.8) is 0 Å². The van der Waals surface area contributed by atoms with Gasteiger partial charge in [-0.05, 0) is 22.8 Å². The topological polar surface area (TPSA) is 52.0 Å². The molecule has 1 atom stereocenters. The minimum Gasteiger partial charge on any atom is -0.398 e. The fraction of sp³-hybridized carbons (Fsp3) is 0.0769. The molecule has 3 rings (SSSR count). The first kappa shape index (κ1) is 13.8. The van der Waals surface area contributed by atoms with Gasteiger partial charge in [-0.3, -0.25) is 0 Å². The van der Waals surface area contributed by atoms with Gasteiger partial charge in [0.25, 0.3) is 0 Å². The molecule has 2 aromatic rings. The van der Waals surface area contributed by atoms with Crippen molar-refractivity contribution in [1.29, 1.82) is 0 Å². The summed E-state index contributed by atoms with van der Waals surface area (Å²) in [5.74, 6) is 0. The molecule has 0 bridgehead atoms. The highest BCUT2D eigenvalue weighted by atomic mass is 35.5. The summed E-state index contributed by atoms with van der Waals surface area (Å²) < 4.78 is 0. The van der Waals surface area contributed by atoms with Crippen LogP contribution in [0.15, 0.2) is 42.5 Å². The molecule has 0 fully saturated rings. The Balaban J connectivity index is 0.000000722. The fourth-order valence-electron chi connectivity index (χ4n) is 2.33. The lowest BCUT2D eigenvalue weighted by Crippen LogP contribution is -2.10. The van der Waals surface area contributed by atoms with Gasteiger partial charge in [0.15, 0.2) is 0 Å². The van der Waals surface area contributed by atoms with Gasteiger partial charge in [-0.25, -0.2) is 0 Å². The molecular formula is C13H14Cl2N2. The number of nitrogen functional groups attached to an aromatic ring is 1. The van der Waals surface area contributed by atoms with Gasteiger partial charge < -0.3 is 11.5 Å². The van der Waals surface area contributed by atoms with E-state index >= 15 is 0 Å². The molecule has 4 heteroatoms. The zero-order chi connectivity index (χ0) is 10.4. The van der Waals surface area contributed by atoms with Gasteiger partial charge in [0.1, 0.15) is 0 Å². The molecule has 0 radical (unpaired) electrons. The van der Waals surface area contributed by atoms with Crippen molar-refractivity contribution in [3.05, 3.63) is 53.6 Å². The smallest absolute Gasteiger partial charge is 0.0584 e. The van der Waals surface area contributed by atoms with E-state index in [2.05, 4.69) is 18.2 Å². The number of nitrogens with two attached hydrogens (primary N) is 2. The largest absolute Gasteiger partial charge is 0.398 e. The highest BCUT2D eigenvalue weighted by Crippen LogP contribution is 2.44. The molecule has 0 amide bonds. The summed E-state index contributed by atoms with van der Waals surface area (Å²) in [4.78, 5) is 0. The molecule has 1 unspecified atom stereocenters. The van der Waals surface area contributed by atoms with Gasteiger partial charge in [0.2, 0.25) is 0 Å². The van der Waals surface area contributed by atoms with Gasteiger partial charge in [-0.2, -0.15) is 0 Å². The first-order chi connectivity index (χ1) is 7.29. The van der Waals surface area contributed by atoms with E-state index in [0.717, 1.165) is 11.3 Å². The highest BCUT2D eigenvalue weighted by molar-refractivity contribution is 5.85. The van der Waals surface area contributed by atoms with Crippen LogP contribution >= 0.6 is 24.8 Å². The molecule has 1 aliphatic carbocycles. The number of fused-ring (bicyclic) bond motifs is 3. The molecule has 0 spiro atoms. The number of anilines is 1. The molecule has 0 saturated heterocycles. The van der Waals surface area contributed by atoms with E-state index in [1.165, 1.54) is 16.7 Å². The van der Waals surface area contributed by atoms with Crippen molar-refractivity contribution in [1.82, 2.24) is 0 Å². The summed E-state index contributed by atoms with van der Waals surface area (Å²) in [5, 5.41) is 0. The van der Waals surface area contributed by atoms with Gasteiger partial charge in [-0.15, -0.1) is 24.8 Å². The maximum absolute atomic E-state index is 6.18. The SMILES string of the molecule is Cl.Cl.Nc1cccc2c1C(N)c1ccccc1-2. The van der Waals surface area contributed by atoms with Crippen molar-refractivity contribution < 1.29 is 0 Å². The first-order valence-corrected chi connectivity index (χ1v) is 5.02. The fourth-order valence-corrected chi connectivity index (χ4v) is 2.33. The predicted molar refractivity (Wildman–Crippen MR) is 76.8 cm³/mol. The maximum atomic E-state index is 6.18. The lowest BCUT2D eigenvalue weighted by Gasteiger charge is -2.08. The van der Waals surface area contributed by atoms with Gasteiger partial charge in [0, 0.05) is 11.3 Å². The molecule has 0 aliphatic heterocycles. The average Bonchev–Trinajstić information content (AvgIpc) is 2.55. The van der Waals surface area contributed by atoms with Crippen LogP contribution in [0.5, 0.6) is 0 Å². The number of rotatable bonds is 0. The Labute approximate surface area is 113 Å². The van der Waals surface area contributed by atoms with Crippen LogP contribution in [0.3, 0.4) is 0 Å². The molecule has 2 aromatic carbocycles. The van der Waals surface area contributed by atoms with Crippen molar-refractivity contribution in [2.75, 3.05) is 5.73 Å². The van der Waals surface area contributed by atoms with Gasteiger partial charge in [-0.1, -0.05) is 36.4 Å². The molecule has 90 valence electrons. The van der Waals surface area contributed by atoms with E-state index in [-0.39, 0.29) is 30.9 Å². The Morgan fingerprint density at radius 3 is 2.24 bits per heavy atom. The van der Waals surface area contributed by atoms with Crippen molar-refractivity contribution in [2.45, 2.75) is 6.04 Å². The van der Waals surface area contributed by atoms with E-state index < -0.39 is 0 Å². The van der Waals surface area contributed by atoms with E-state index in [9.17, 15) is 0 Å². The summed E-state index contributed by atoms with van der Waals surface area (Å²) in [6, 6.07) is 14.1. The summed E-state index contributed by atoms with van der Waals surface area (Å²) in [6.45, 7) is 0. The van der Waals surface area contributed by atoms with Crippen LogP contribution in [0.4, 0.5) is 5.69 Å². The van der Waals surface area contributed by atoms with E-state index in [0.29, 0.717) is 0 Å². The minimum absolute atomic E-state index is 0. The third-order valence-corrected chi connectivity index (χ3v) is 3.04. The molecule has 1 aliphatic rings. The predicted octanol–water partition coefficient (Wildman–Crippen LogP) is 3.14. The van der Waals surface area contributed by atoms with Crippen LogP contribution in [-0.2, 0) is 0 Å². The maximum Gasteiger partial charge on any atom is 0.0584 e. The summed E-state index contributed by atoms with van der Waals surface area (Å²) >= 11 is 0. The molecular weight excluding hydrogens is 255 g/mol. The Hall–Kier alpha value is -1.22. The van der Waals surface area contributed by atoms with Crippen molar-refractivity contribution in [2.24, 2.45) is 5.73 Å².